The third kappa shape index (κ3) is 14.8. The van der Waals surface area contributed by atoms with Crippen molar-refractivity contribution < 1.29 is 8.83 Å². The van der Waals surface area contributed by atoms with Gasteiger partial charge in [0.1, 0.15) is 16.7 Å². The minimum absolute atomic E-state index is 0.885. The van der Waals surface area contributed by atoms with Crippen LogP contribution in [0, 0.1) is 0 Å². The number of anilines is 9. The molecule has 0 aliphatic carbocycles. The summed E-state index contributed by atoms with van der Waals surface area (Å²) in [5.41, 5.74) is 25.7. The number of para-hydroxylation sites is 3. The summed E-state index contributed by atoms with van der Waals surface area (Å²) in [6.07, 6.45) is 0. The van der Waals surface area contributed by atoms with Crippen LogP contribution in [0.25, 0.3) is 202 Å². The van der Waals surface area contributed by atoms with Crippen molar-refractivity contribution in [2.45, 2.75) is 0 Å². The monoisotopic (exact) mass is 1820 g/mol. The molecule has 0 N–H and O–H groups in total. The highest BCUT2D eigenvalue weighted by molar-refractivity contribution is 7.27. The maximum absolute atomic E-state index is 6.54. The highest BCUT2D eigenvalue weighted by Gasteiger charge is 2.25. The number of hydrogen-bond donors (Lipinski definition) is 0. The van der Waals surface area contributed by atoms with Crippen molar-refractivity contribution in [2.24, 2.45) is 0 Å². The molecule has 6 aromatic heterocycles. The van der Waals surface area contributed by atoms with Crippen molar-refractivity contribution >= 4 is 243 Å². The van der Waals surface area contributed by atoms with Crippen LogP contribution >= 0.6 is 45.3 Å². The van der Waals surface area contributed by atoms with E-state index in [9.17, 15) is 0 Å². The highest BCUT2D eigenvalue weighted by atomic mass is 32.1. The Balaban J connectivity index is 0.000000107. The van der Waals surface area contributed by atoms with Crippen molar-refractivity contribution in [3.63, 3.8) is 0 Å². The number of nitrogens with zero attached hydrogens (tertiary/aromatic N) is 3. The van der Waals surface area contributed by atoms with Crippen LogP contribution in [-0.4, -0.2) is 0 Å². The number of fused-ring (bicyclic) bond motifs is 20. The smallest absolute Gasteiger partial charge is 0.159 e. The molecule has 28 rings (SSSR count). The van der Waals surface area contributed by atoms with Crippen molar-refractivity contribution in [1.82, 2.24) is 0 Å². The molecule has 0 spiro atoms. The topological polar surface area (TPSA) is 36.0 Å². The lowest BCUT2D eigenvalue weighted by molar-refractivity contribution is 0.668. The van der Waals surface area contributed by atoms with Gasteiger partial charge in [0.2, 0.25) is 0 Å². The van der Waals surface area contributed by atoms with Gasteiger partial charge in [-0.15, -0.1) is 45.3 Å². The van der Waals surface area contributed by atoms with Gasteiger partial charge in [0, 0.05) is 147 Å². The Morgan fingerprint density at radius 2 is 0.467 bits per heavy atom. The van der Waals surface area contributed by atoms with Crippen LogP contribution in [0.2, 0.25) is 0 Å². The van der Waals surface area contributed by atoms with E-state index in [1.165, 1.54) is 158 Å². The molecule has 0 saturated heterocycles. The number of rotatable bonds is 14. The molecule has 6 heterocycles. The van der Waals surface area contributed by atoms with Gasteiger partial charge in [-0.3, -0.25) is 0 Å². The molecule has 0 unspecified atom stereocenters. The number of hydrogen-bond acceptors (Lipinski definition) is 9. The second-order valence-corrected chi connectivity index (χ2v) is 39.1. The van der Waals surface area contributed by atoms with E-state index in [-0.39, 0.29) is 0 Å². The highest BCUT2D eigenvalue weighted by Crippen LogP contribution is 2.50. The molecule has 22 aromatic carbocycles. The molecule has 0 amide bonds. The summed E-state index contributed by atoms with van der Waals surface area (Å²) >= 11 is 7.45. The van der Waals surface area contributed by atoms with E-state index in [0.717, 1.165) is 94.9 Å². The average molecular weight is 1820 g/mol. The van der Waals surface area contributed by atoms with Crippen LogP contribution in [0.4, 0.5) is 51.2 Å². The molecule has 5 nitrogen and oxygen atoms in total. The summed E-state index contributed by atoms with van der Waals surface area (Å²) in [5, 5.41) is 19.9. The molecule has 0 aliphatic rings. The van der Waals surface area contributed by atoms with Crippen molar-refractivity contribution in [3.05, 3.63) is 491 Å². The second-order valence-electron chi connectivity index (χ2n) is 34.8. The van der Waals surface area contributed by atoms with Gasteiger partial charge in [-0.05, 0) is 236 Å². The van der Waals surface area contributed by atoms with Gasteiger partial charge >= 0.3 is 0 Å². The lowest BCUT2D eigenvalue weighted by Crippen LogP contribution is -2.10. The Hall–Kier alpha value is -16.8. The van der Waals surface area contributed by atoms with Gasteiger partial charge in [0.25, 0.3) is 0 Å². The largest absolute Gasteiger partial charge is 0.456 e. The Labute approximate surface area is 806 Å². The first-order valence-corrected chi connectivity index (χ1v) is 49.5. The van der Waals surface area contributed by atoms with Crippen LogP contribution in [0.15, 0.2) is 500 Å². The molecule has 0 aliphatic heterocycles. The lowest BCUT2D eigenvalue weighted by atomic mass is 10.0. The summed E-state index contributed by atoms with van der Waals surface area (Å²) in [4.78, 5) is 7.09. The van der Waals surface area contributed by atoms with Crippen LogP contribution in [-0.2, 0) is 0 Å². The lowest BCUT2D eigenvalue weighted by Gasteiger charge is -2.27. The van der Waals surface area contributed by atoms with Crippen molar-refractivity contribution in [2.75, 3.05) is 14.7 Å². The van der Waals surface area contributed by atoms with Crippen LogP contribution < -0.4 is 14.7 Å². The zero-order valence-electron chi connectivity index (χ0n) is 74.1. The van der Waals surface area contributed by atoms with E-state index >= 15 is 0 Å². The molecule has 0 atom stereocenters. The molecule has 0 fully saturated rings. The molecule has 0 saturated carbocycles. The van der Waals surface area contributed by atoms with Gasteiger partial charge < -0.3 is 23.5 Å². The maximum atomic E-state index is 6.54. The molecular weight excluding hydrogens is 1740 g/mol. The summed E-state index contributed by atoms with van der Waals surface area (Å²) in [5.74, 6) is 0. The number of furan rings is 2. The normalized spacial score (nSPS) is 11.6. The third-order valence-electron chi connectivity index (χ3n) is 26.8. The van der Waals surface area contributed by atoms with Gasteiger partial charge in [0.15, 0.2) is 5.58 Å². The molecular formula is C128H81N3O2S4. The summed E-state index contributed by atoms with van der Waals surface area (Å²) < 4.78 is 23.2. The van der Waals surface area contributed by atoms with E-state index in [0.29, 0.717) is 0 Å². The van der Waals surface area contributed by atoms with E-state index in [4.69, 9.17) is 8.83 Å². The van der Waals surface area contributed by atoms with Gasteiger partial charge in [-0.2, -0.15) is 0 Å². The SMILES string of the molecule is c1ccc(-c2ccc(N(c3ccc(-c4ccc5oc6ccccc6c5c4)cc3)c3ccc(-c4cccc5c4sc4ccccc45)cc3)cc2)cc1.c1ccc2c(N(c3ccc(-c4ccc5sc6ccccc6c5c4)cc3)c3ccc4sc5ccccc5c4c3)cccc2c1.c1ccc2c(N(c3ccc(-c4ccc5sc6ccccc6c5c4)cc3)c3cccc4c3oc3ccccc34)cccc2c1. The van der Waals surface area contributed by atoms with E-state index in [1.807, 2.05) is 69.6 Å². The van der Waals surface area contributed by atoms with Gasteiger partial charge in [-0.1, -0.05) is 322 Å². The Morgan fingerprint density at radius 3 is 1.00 bits per heavy atom. The fourth-order valence-corrected chi connectivity index (χ4v) is 24.7. The van der Waals surface area contributed by atoms with Crippen LogP contribution in [0.3, 0.4) is 0 Å². The first-order chi connectivity index (χ1) is 67.9. The molecule has 644 valence electrons. The molecule has 137 heavy (non-hydrogen) atoms. The molecule has 9 heteroatoms. The first kappa shape index (κ1) is 81.0. The van der Waals surface area contributed by atoms with Crippen LogP contribution in [0.5, 0.6) is 0 Å². The standard InChI is InChI=1S/C48H31NOS.C40H25NOS.C40H25NS2/c1-2-9-32(10-3-1)33-17-24-37(25-18-33)49(38-26-19-34(20-27-38)36-23-30-46-44(31-36)41-11-4-6-15-45(41)50-46)39-28-21-35(22-29-39)40-13-8-14-43-42-12-5-7-16-47(42)51-48(40)43;1-2-11-30-27(9-1)10-7-15-35(30)41(36-16-8-14-33-31-12-3-5-17-37(31)42-40(33)36)29-22-19-26(20-23-29)28-21-24-39-34(25-28)32-13-4-6-18-38(32)43-39;1-2-10-31-27(8-1)9-7-13-36(31)41(30-21-23-40-35(25-30)33-12-4-6-15-38(33)43-40)29-19-16-26(17-20-29)28-18-22-39-34(24-28)32-11-3-5-14-37(32)42-39/h1-31H;2*1-25H. The second kappa shape index (κ2) is 34.4. The minimum atomic E-state index is 0.885. The summed E-state index contributed by atoms with van der Waals surface area (Å²) in [6.45, 7) is 0. The molecule has 28 aromatic rings. The Morgan fingerprint density at radius 1 is 0.153 bits per heavy atom. The predicted octanol–water partition coefficient (Wildman–Crippen LogP) is 39.4. The Kier molecular flexibility index (Phi) is 20.3. The number of benzene rings is 22. The minimum Gasteiger partial charge on any atom is -0.456 e. The van der Waals surface area contributed by atoms with Gasteiger partial charge in [0.05, 0.1) is 17.1 Å². The zero-order valence-corrected chi connectivity index (χ0v) is 77.3. The zero-order chi connectivity index (χ0) is 90.4. The number of thiophene rings is 4. The average Bonchev–Trinajstić information content (AvgIpc) is 1.64. The summed E-state index contributed by atoms with van der Waals surface area (Å²) in [7, 11) is 0. The van der Waals surface area contributed by atoms with E-state index < -0.39 is 0 Å². The van der Waals surface area contributed by atoms with Crippen LogP contribution in [0.1, 0.15) is 0 Å². The summed E-state index contributed by atoms with van der Waals surface area (Å²) in [6, 6.07) is 177. The Bertz CT molecular complexity index is 9480. The van der Waals surface area contributed by atoms with E-state index in [2.05, 4.69) is 482 Å². The fourth-order valence-electron chi connectivity index (χ4n) is 20.2. The molecule has 0 radical (unpaired) electrons. The third-order valence-corrected chi connectivity index (χ3v) is 31.5. The predicted molar refractivity (Wildman–Crippen MR) is 592 cm³/mol. The van der Waals surface area contributed by atoms with Gasteiger partial charge in [-0.25, -0.2) is 0 Å². The fraction of sp³-hybridized carbons (Fsp3) is 0. The maximum Gasteiger partial charge on any atom is 0.159 e. The van der Waals surface area contributed by atoms with E-state index in [1.54, 1.807) is 0 Å². The first-order valence-electron chi connectivity index (χ1n) is 46.3. The quantitative estimate of drug-likeness (QED) is 0.108. The van der Waals surface area contributed by atoms with Crippen molar-refractivity contribution in [3.8, 4) is 55.6 Å². The molecule has 0 bridgehead atoms. The van der Waals surface area contributed by atoms with Crippen molar-refractivity contribution in [1.29, 1.82) is 0 Å².